The zero-order valence-electron chi connectivity index (χ0n) is 8.07. The van der Waals surface area contributed by atoms with Crippen LogP contribution in [0.3, 0.4) is 0 Å². The van der Waals surface area contributed by atoms with Crippen LogP contribution in [0.4, 0.5) is 0 Å². The molecule has 0 saturated heterocycles. The van der Waals surface area contributed by atoms with Crippen LogP contribution in [0.1, 0.15) is 11.1 Å². The summed E-state index contributed by atoms with van der Waals surface area (Å²) in [6.07, 6.45) is 4.69. The Morgan fingerprint density at radius 2 is 1.87 bits per heavy atom. The number of allylic oxidation sites excluding steroid dienone is 4. The Morgan fingerprint density at radius 1 is 1.13 bits per heavy atom. The Kier molecular flexibility index (Phi) is 2.35. The van der Waals surface area contributed by atoms with Crippen LogP contribution in [0, 0.1) is 22.7 Å². The summed E-state index contributed by atoms with van der Waals surface area (Å²) < 4.78 is 0. The van der Waals surface area contributed by atoms with E-state index < -0.39 is 0 Å². The molecule has 0 fully saturated rings. The molecule has 1 aromatic rings. The molecule has 0 heterocycles. The molecule has 1 aliphatic rings. The number of rotatable bonds is 0. The first kappa shape index (κ1) is 9.24. The number of hydrogen-bond donors (Lipinski definition) is 0. The predicted octanol–water partition coefficient (Wildman–Crippen LogP) is 2.60. The molecule has 0 amide bonds. The Hall–Kier alpha value is -2.32. The van der Waals surface area contributed by atoms with Gasteiger partial charge in [-0.05, 0) is 17.5 Å². The average Bonchev–Trinajstić information content (AvgIpc) is 2.31. The lowest BCUT2D eigenvalue weighted by atomic mass is 9.90. The second kappa shape index (κ2) is 3.82. The molecule has 0 spiro atoms. The molecule has 0 radical (unpaired) electrons. The van der Waals surface area contributed by atoms with Gasteiger partial charge in [0.15, 0.2) is 0 Å². The molecule has 70 valence electrons. The fraction of sp³-hybridized carbons (Fsp3) is 0.0769. The topological polar surface area (TPSA) is 47.6 Å². The SMILES string of the molecule is N#CC(C#N)=C1C=CCc2ccccc21. The first-order chi connectivity index (χ1) is 7.36. The molecular formula is C13H8N2. The summed E-state index contributed by atoms with van der Waals surface area (Å²) in [5.41, 5.74) is 3.08. The summed E-state index contributed by atoms with van der Waals surface area (Å²) in [6, 6.07) is 11.7. The van der Waals surface area contributed by atoms with Gasteiger partial charge >= 0.3 is 0 Å². The Balaban J connectivity index is 2.68. The van der Waals surface area contributed by atoms with Gasteiger partial charge in [-0.2, -0.15) is 10.5 Å². The van der Waals surface area contributed by atoms with Gasteiger partial charge in [0.2, 0.25) is 0 Å². The van der Waals surface area contributed by atoms with E-state index in [9.17, 15) is 0 Å². The van der Waals surface area contributed by atoms with Gasteiger partial charge in [0.1, 0.15) is 17.7 Å². The van der Waals surface area contributed by atoms with Gasteiger partial charge in [0, 0.05) is 5.57 Å². The maximum atomic E-state index is 8.84. The lowest BCUT2D eigenvalue weighted by molar-refractivity contribution is 1.23. The Labute approximate surface area is 88.4 Å². The molecule has 2 rings (SSSR count). The van der Waals surface area contributed by atoms with Crippen molar-refractivity contribution in [2.45, 2.75) is 6.42 Å². The minimum absolute atomic E-state index is 0.179. The summed E-state index contributed by atoms with van der Waals surface area (Å²) in [7, 11) is 0. The molecule has 0 bridgehead atoms. The van der Waals surface area contributed by atoms with Crippen molar-refractivity contribution in [2.75, 3.05) is 0 Å². The summed E-state index contributed by atoms with van der Waals surface area (Å²) in [5.74, 6) is 0. The molecule has 0 saturated carbocycles. The quantitative estimate of drug-likeness (QED) is 0.593. The van der Waals surface area contributed by atoms with E-state index in [1.54, 1.807) is 0 Å². The molecular weight excluding hydrogens is 184 g/mol. The van der Waals surface area contributed by atoms with Crippen molar-refractivity contribution in [2.24, 2.45) is 0 Å². The summed E-state index contributed by atoms with van der Waals surface area (Å²) in [5, 5.41) is 17.7. The van der Waals surface area contributed by atoms with Crippen LogP contribution in [0.15, 0.2) is 42.0 Å². The van der Waals surface area contributed by atoms with E-state index in [0.29, 0.717) is 0 Å². The number of benzene rings is 1. The number of fused-ring (bicyclic) bond motifs is 1. The van der Waals surface area contributed by atoms with Gasteiger partial charge in [0.05, 0.1) is 0 Å². The average molecular weight is 192 g/mol. The van der Waals surface area contributed by atoms with E-state index in [1.807, 2.05) is 48.6 Å². The van der Waals surface area contributed by atoms with E-state index in [4.69, 9.17) is 10.5 Å². The van der Waals surface area contributed by atoms with Crippen molar-refractivity contribution in [1.82, 2.24) is 0 Å². The first-order valence-electron chi connectivity index (χ1n) is 4.66. The van der Waals surface area contributed by atoms with Crippen molar-refractivity contribution < 1.29 is 0 Å². The molecule has 0 aromatic heterocycles. The minimum atomic E-state index is 0.179. The van der Waals surface area contributed by atoms with E-state index in [-0.39, 0.29) is 5.57 Å². The fourth-order valence-corrected chi connectivity index (χ4v) is 1.72. The van der Waals surface area contributed by atoms with Gasteiger partial charge in [0.25, 0.3) is 0 Å². The number of nitrogens with zero attached hydrogens (tertiary/aromatic N) is 2. The molecule has 0 unspecified atom stereocenters. The molecule has 1 aliphatic carbocycles. The molecule has 0 N–H and O–H groups in total. The third-order valence-electron chi connectivity index (χ3n) is 2.42. The Morgan fingerprint density at radius 3 is 2.60 bits per heavy atom. The summed E-state index contributed by atoms with van der Waals surface area (Å²) in [6.45, 7) is 0. The lowest BCUT2D eigenvalue weighted by Crippen LogP contribution is -1.97. The molecule has 1 aromatic carbocycles. The molecule has 15 heavy (non-hydrogen) atoms. The van der Waals surface area contributed by atoms with Gasteiger partial charge in [-0.1, -0.05) is 36.4 Å². The molecule has 2 nitrogen and oxygen atoms in total. The van der Waals surface area contributed by atoms with Crippen molar-refractivity contribution in [1.29, 1.82) is 10.5 Å². The largest absolute Gasteiger partial charge is 0.192 e. The van der Waals surface area contributed by atoms with Gasteiger partial charge < -0.3 is 0 Å². The number of nitriles is 2. The monoisotopic (exact) mass is 192 g/mol. The van der Waals surface area contributed by atoms with Crippen LogP contribution < -0.4 is 0 Å². The van der Waals surface area contributed by atoms with Crippen molar-refractivity contribution in [3.05, 3.63) is 53.1 Å². The van der Waals surface area contributed by atoms with E-state index in [2.05, 4.69) is 0 Å². The van der Waals surface area contributed by atoms with Crippen LogP contribution in [0.25, 0.3) is 5.57 Å². The van der Waals surface area contributed by atoms with Gasteiger partial charge in [-0.3, -0.25) is 0 Å². The standard InChI is InChI=1S/C13H8N2/c14-8-11(9-15)13-7-3-5-10-4-1-2-6-12(10)13/h1-4,6-7H,5H2. The van der Waals surface area contributed by atoms with Crippen molar-refractivity contribution >= 4 is 5.57 Å². The smallest absolute Gasteiger partial charge is 0.137 e. The van der Waals surface area contributed by atoms with Crippen LogP contribution in [-0.2, 0) is 6.42 Å². The highest BCUT2D eigenvalue weighted by molar-refractivity contribution is 5.84. The van der Waals surface area contributed by atoms with E-state index in [0.717, 1.165) is 23.1 Å². The highest BCUT2D eigenvalue weighted by atomic mass is 14.3. The summed E-state index contributed by atoms with van der Waals surface area (Å²) in [4.78, 5) is 0. The maximum absolute atomic E-state index is 8.84. The zero-order chi connectivity index (χ0) is 10.7. The minimum Gasteiger partial charge on any atom is -0.192 e. The second-order valence-corrected chi connectivity index (χ2v) is 3.28. The van der Waals surface area contributed by atoms with E-state index >= 15 is 0 Å². The highest BCUT2D eigenvalue weighted by Gasteiger charge is 2.12. The molecule has 0 aliphatic heterocycles. The van der Waals surface area contributed by atoms with Crippen LogP contribution >= 0.6 is 0 Å². The molecule has 2 heteroatoms. The number of hydrogen-bond acceptors (Lipinski definition) is 2. The van der Waals surface area contributed by atoms with E-state index in [1.165, 1.54) is 0 Å². The van der Waals surface area contributed by atoms with Gasteiger partial charge in [-0.15, -0.1) is 0 Å². The van der Waals surface area contributed by atoms with Crippen LogP contribution in [0.2, 0.25) is 0 Å². The fourth-order valence-electron chi connectivity index (χ4n) is 1.72. The predicted molar refractivity (Wildman–Crippen MR) is 57.4 cm³/mol. The highest BCUT2D eigenvalue weighted by Crippen LogP contribution is 2.27. The third-order valence-corrected chi connectivity index (χ3v) is 2.42. The van der Waals surface area contributed by atoms with Crippen molar-refractivity contribution in [3.8, 4) is 12.1 Å². The maximum Gasteiger partial charge on any atom is 0.137 e. The zero-order valence-corrected chi connectivity index (χ0v) is 8.07. The lowest BCUT2D eigenvalue weighted by Gasteiger charge is -2.13. The third kappa shape index (κ3) is 1.54. The second-order valence-electron chi connectivity index (χ2n) is 3.28. The van der Waals surface area contributed by atoms with Gasteiger partial charge in [-0.25, -0.2) is 0 Å². The first-order valence-corrected chi connectivity index (χ1v) is 4.66. The van der Waals surface area contributed by atoms with Crippen LogP contribution in [-0.4, -0.2) is 0 Å². The normalized spacial score (nSPS) is 12.5. The Bertz CT molecular complexity index is 520. The van der Waals surface area contributed by atoms with Crippen LogP contribution in [0.5, 0.6) is 0 Å². The van der Waals surface area contributed by atoms with Crippen molar-refractivity contribution in [3.63, 3.8) is 0 Å². The molecule has 0 atom stereocenters. The summed E-state index contributed by atoms with van der Waals surface area (Å²) >= 11 is 0.